The number of rotatable bonds is 17. The van der Waals surface area contributed by atoms with E-state index >= 15 is 0 Å². The number of imide groups is 2. The first kappa shape index (κ1) is 32.6. The van der Waals surface area contributed by atoms with Crippen molar-refractivity contribution in [2.75, 3.05) is 59.2 Å². The molecule has 6 heterocycles. The molecule has 4 amide bonds. The van der Waals surface area contributed by atoms with Gasteiger partial charge in [-0.25, -0.2) is 15.3 Å². The number of carbonyl (C=O) groups is 4. The van der Waals surface area contributed by atoms with Gasteiger partial charge < -0.3 is 18.9 Å². The minimum Gasteiger partial charge on any atom is -0.379 e. The van der Waals surface area contributed by atoms with E-state index in [1.807, 2.05) is 24.3 Å². The van der Waals surface area contributed by atoms with Crippen LogP contribution in [0.3, 0.4) is 0 Å². The van der Waals surface area contributed by atoms with Crippen molar-refractivity contribution in [2.45, 2.75) is 51.6 Å². The maximum atomic E-state index is 13.9. The van der Waals surface area contributed by atoms with Crippen LogP contribution in [0.25, 0.3) is 0 Å². The van der Waals surface area contributed by atoms with E-state index < -0.39 is 31.3 Å². The number of amides is 4. The van der Waals surface area contributed by atoms with Gasteiger partial charge in [-0.15, -0.1) is 0 Å². The molecule has 0 saturated carbocycles. The Morgan fingerprint density at radius 2 is 1.02 bits per heavy atom. The van der Waals surface area contributed by atoms with Crippen molar-refractivity contribution in [2.24, 2.45) is 29.1 Å². The fourth-order valence-electron chi connectivity index (χ4n) is 6.95. The average Bonchev–Trinajstić information content (AvgIpc) is 3.84. The van der Waals surface area contributed by atoms with Crippen LogP contribution < -0.4 is 15.3 Å². The van der Waals surface area contributed by atoms with E-state index in [1.54, 1.807) is 0 Å². The monoisotopic (exact) mass is 649 g/mol. The first-order valence-corrected chi connectivity index (χ1v) is 17.6. The lowest BCUT2D eigenvalue weighted by atomic mass is 9.85. The van der Waals surface area contributed by atoms with Crippen LogP contribution in [0.15, 0.2) is 24.3 Å². The topological polar surface area (TPSA) is 165 Å². The summed E-state index contributed by atoms with van der Waals surface area (Å²) in [5.41, 5.74) is 0.199. The molecule has 0 radical (unpaired) electrons. The van der Waals surface area contributed by atoms with E-state index in [-0.39, 0.29) is 92.8 Å². The molecule has 0 aromatic carbocycles. The van der Waals surface area contributed by atoms with Crippen molar-refractivity contribution in [3.05, 3.63) is 24.3 Å². The molecule has 0 spiro atoms. The summed E-state index contributed by atoms with van der Waals surface area (Å²) in [6.45, 7) is 8.68. The summed E-state index contributed by atoms with van der Waals surface area (Å²) in [5.74, 6) is -3.12. The van der Waals surface area contributed by atoms with Crippen LogP contribution in [-0.2, 0) is 42.7 Å². The Labute approximate surface area is 263 Å². The van der Waals surface area contributed by atoms with Gasteiger partial charge in [0.1, 0.15) is 0 Å². The summed E-state index contributed by atoms with van der Waals surface area (Å²) in [6.07, 6.45) is 6.77. The van der Waals surface area contributed by atoms with Crippen LogP contribution in [-0.4, -0.2) is 117 Å². The highest BCUT2D eigenvalue weighted by Crippen LogP contribution is 2.46. The number of ether oxygens (including phenoxy) is 4. The van der Waals surface area contributed by atoms with Gasteiger partial charge in [0.05, 0.1) is 67.9 Å². The van der Waals surface area contributed by atoms with Crippen molar-refractivity contribution in [3.8, 4) is 0 Å². The van der Waals surface area contributed by atoms with Crippen molar-refractivity contribution in [3.63, 3.8) is 0 Å². The minimum absolute atomic E-state index is 0.0437. The Balaban J connectivity index is 0.982. The third-order valence-corrected chi connectivity index (χ3v) is 11.3. The zero-order valence-electron chi connectivity index (χ0n) is 26.0. The van der Waals surface area contributed by atoms with Crippen molar-refractivity contribution < 1.29 is 42.7 Å². The maximum absolute atomic E-state index is 13.9. The van der Waals surface area contributed by atoms with Crippen LogP contribution in [0.1, 0.15) is 27.2 Å². The van der Waals surface area contributed by atoms with Gasteiger partial charge in [-0.1, -0.05) is 45.1 Å². The molecule has 45 heavy (non-hydrogen) atoms. The number of hydrogen-bond donors (Lipinski definition) is 3. The van der Waals surface area contributed by atoms with Gasteiger partial charge in [0, 0.05) is 39.3 Å². The molecule has 0 aromatic heterocycles. The molecule has 4 fully saturated rings. The predicted octanol–water partition coefficient (Wildman–Crippen LogP) is 0.210. The maximum Gasteiger partial charge on any atom is 0.279 e. The number of nitrogens with zero attached hydrogens (tertiary/aromatic N) is 2. The first-order valence-electron chi connectivity index (χ1n) is 15.9. The van der Waals surface area contributed by atoms with E-state index in [0.29, 0.717) is 19.8 Å². The second kappa shape index (κ2) is 13.1. The Bertz CT molecular complexity index is 1160. The molecule has 6 aliphatic rings. The molecule has 3 N–H and O–H groups in total. The molecule has 6 rings (SSSR count). The van der Waals surface area contributed by atoms with Crippen LogP contribution in [0.2, 0.25) is 0 Å². The third kappa shape index (κ3) is 6.62. The molecule has 4 bridgehead atoms. The molecule has 0 aliphatic carbocycles. The first-order chi connectivity index (χ1) is 21.5. The zero-order chi connectivity index (χ0) is 31.9. The molecule has 8 unspecified atom stereocenters. The Morgan fingerprint density at radius 1 is 0.644 bits per heavy atom. The quantitative estimate of drug-likeness (QED) is 0.0851. The number of nitrogens with one attached hydrogen (secondary N) is 3. The highest BCUT2D eigenvalue weighted by atomic mass is 31.2. The lowest BCUT2D eigenvalue weighted by Gasteiger charge is -2.25. The Kier molecular flexibility index (Phi) is 9.48. The van der Waals surface area contributed by atoms with Gasteiger partial charge in [0.25, 0.3) is 7.59 Å². The van der Waals surface area contributed by atoms with E-state index in [0.717, 1.165) is 6.42 Å². The summed E-state index contributed by atoms with van der Waals surface area (Å²) in [6, 6.07) is 0. The van der Waals surface area contributed by atoms with Crippen molar-refractivity contribution in [1.82, 2.24) is 25.1 Å². The van der Waals surface area contributed by atoms with E-state index in [2.05, 4.69) is 36.0 Å². The lowest BCUT2D eigenvalue weighted by molar-refractivity contribution is -0.143. The molecular weight excluding hydrogens is 605 g/mol. The second-order valence-corrected chi connectivity index (χ2v) is 15.7. The third-order valence-electron chi connectivity index (χ3n) is 9.29. The van der Waals surface area contributed by atoms with Crippen molar-refractivity contribution in [1.29, 1.82) is 0 Å². The lowest BCUT2D eigenvalue weighted by Crippen LogP contribution is -2.43. The highest BCUT2D eigenvalue weighted by Gasteiger charge is 2.61. The molecular formula is C30H44N5O9P. The zero-order valence-corrected chi connectivity index (χ0v) is 26.9. The van der Waals surface area contributed by atoms with E-state index in [4.69, 9.17) is 18.9 Å². The van der Waals surface area contributed by atoms with Gasteiger partial charge >= 0.3 is 0 Å². The molecule has 15 heteroatoms. The van der Waals surface area contributed by atoms with Crippen LogP contribution in [0.5, 0.6) is 0 Å². The van der Waals surface area contributed by atoms with Gasteiger partial charge in [0.2, 0.25) is 23.6 Å². The molecule has 248 valence electrons. The van der Waals surface area contributed by atoms with Crippen LogP contribution in [0.4, 0.5) is 0 Å². The minimum atomic E-state index is -3.50. The predicted molar refractivity (Wildman–Crippen MR) is 160 cm³/mol. The van der Waals surface area contributed by atoms with Gasteiger partial charge in [-0.2, -0.15) is 0 Å². The summed E-state index contributed by atoms with van der Waals surface area (Å²) >= 11 is 0. The SMILES string of the molecule is CC(C)(C)CCOCCOCCNP(=O)(NCCN1C(=O)C2C3C=CC(O3)C2C1=O)NCCN1C(=O)C2C3C=CC(O3)C2C1=O. The smallest absolute Gasteiger partial charge is 0.279 e. The van der Waals surface area contributed by atoms with Gasteiger partial charge in [-0.3, -0.25) is 33.5 Å². The second-order valence-electron chi connectivity index (χ2n) is 13.5. The summed E-state index contributed by atoms with van der Waals surface area (Å²) in [4.78, 5) is 54.4. The molecule has 8 atom stereocenters. The number of likely N-dealkylation sites (tertiary alicyclic amines) is 2. The van der Waals surface area contributed by atoms with Gasteiger partial charge in [0.15, 0.2) is 0 Å². The number of carbonyl (C=O) groups excluding carboxylic acids is 4. The molecule has 6 aliphatic heterocycles. The fourth-order valence-corrected chi connectivity index (χ4v) is 8.52. The average molecular weight is 650 g/mol. The fraction of sp³-hybridized carbons (Fsp3) is 0.733. The number of fused-ring (bicyclic) bond motifs is 10. The van der Waals surface area contributed by atoms with Crippen LogP contribution >= 0.6 is 7.59 Å². The molecule has 4 saturated heterocycles. The Hall–Kier alpha value is -2.29. The standard InChI is InChI=1S/C30H44N5O9P/c1-30(2,3)8-14-41-16-17-42-15-11-33-45(40,31-9-12-34-26(36)22-18-4-5-19(43-18)23(22)27(34)37)32-10-13-35-28(38)24-20-6-7-21(44-20)25(24)29(35)39/h4-7,18-25H,8-17H2,1-3H3,(H3,31,32,33,40). The summed E-state index contributed by atoms with van der Waals surface area (Å²) < 4.78 is 36.6. The summed E-state index contributed by atoms with van der Waals surface area (Å²) in [5, 5.41) is 8.88. The van der Waals surface area contributed by atoms with Crippen LogP contribution in [0, 0.1) is 29.1 Å². The molecule has 0 aromatic rings. The van der Waals surface area contributed by atoms with Gasteiger partial charge in [-0.05, 0) is 11.8 Å². The Morgan fingerprint density at radius 3 is 1.42 bits per heavy atom. The van der Waals surface area contributed by atoms with Crippen molar-refractivity contribution >= 4 is 31.2 Å². The molecule has 14 nitrogen and oxygen atoms in total. The van der Waals surface area contributed by atoms with E-state index in [1.165, 1.54) is 9.80 Å². The number of hydrogen-bond acceptors (Lipinski definition) is 9. The normalized spacial score (nSPS) is 34.1. The largest absolute Gasteiger partial charge is 0.379 e. The van der Waals surface area contributed by atoms with E-state index in [9.17, 15) is 23.7 Å². The highest BCUT2D eigenvalue weighted by molar-refractivity contribution is 7.57. The summed E-state index contributed by atoms with van der Waals surface area (Å²) in [7, 11) is -3.50.